The molecule has 3 saturated heterocycles. The van der Waals surface area contributed by atoms with E-state index in [1.807, 2.05) is 29.3 Å². The van der Waals surface area contributed by atoms with E-state index in [9.17, 15) is 19.2 Å². The highest BCUT2D eigenvalue weighted by Crippen LogP contribution is 2.51. The third-order valence-corrected chi connectivity index (χ3v) is 11.9. The Morgan fingerprint density at radius 3 is 2.36 bits per heavy atom. The number of nitrogens with zero attached hydrogens (tertiary/aromatic N) is 9. The minimum Gasteiger partial charge on any atom is -0.368 e. The van der Waals surface area contributed by atoms with Gasteiger partial charge in [0.2, 0.25) is 17.8 Å². The van der Waals surface area contributed by atoms with Crippen molar-refractivity contribution >= 4 is 63.5 Å². The van der Waals surface area contributed by atoms with Crippen molar-refractivity contribution in [1.82, 2.24) is 34.6 Å². The predicted octanol–water partition coefficient (Wildman–Crippen LogP) is 3.64. The van der Waals surface area contributed by atoms with Crippen LogP contribution < -0.4 is 25.3 Å². The van der Waals surface area contributed by atoms with Crippen molar-refractivity contribution in [2.24, 2.45) is 0 Å². The zero-order valence-electron chi connectivity index (χ0n) is 31.2. The quantitative estimate of drug-likeness (QED) is 0.253. The van der Waals surface area contributed by atoms with E-state index in [-0.39, 0.29) is 42.1 Å². The first-order chi connectivity index (χ1) is 27.0. The molecule has 9 rings (SSSR count). The molecule has 15 nitrogen and oxygen atoms in total. The van der Waals surface area contributed by atoms with Gasteiger partial charge in [0.1, 0.15) is 23.2 Å². The van der Waals surface area contributed by atoms with E-state index in [2.05, 4.69) is 35.0 Å². The van der Waals surface area contributed by atoms with Crippen LogP contribution >= 0.6 is 0 Å². The lowest BCUT2D eigenvalue weighted by atomic mass is 9.99. The molecule has 0 radical (unpaired) electrons. The number of hydrogen-bond donors (Lipinski definition) is 2. The molecule has 56 heavy (non-hydrogen) atoms. The van der Waals surface area contributed by atoms with Gasteiger partial charge in [-0.3, -0.25) is 34.3 Å². The van der Waals surface area contributed by atoms with Crippen molar-refractivity contribution < 1.29 is 28.0 Å². The smallest absolute Gasteiger partial charge is 0.354 e. The van der Waals surface area contributed by atoms with Gasteiger partial charge in [-0.1, -0.05) is 18.9 Å². The highest BCUT2D eigenvalue weighted by atomic mass is 19.3. The Bertz CT molecular complexity index is 2230. The molecule has 17 heteroatoms. The van der Waals surface area contributed by atoms with Gasteiger partial charge in [-0.15, -0.1) is 0 Å². The molecule has 4 aromatic rings. The van der Waals surface area contributed by atoms with Gasteiger partial charge >= 0.3 is 11.8 Å². The summed E-state index contributed by atoms with van der Waals surface area (Å²) in [4.78, 5) is 73.3. The Labute approximate surface area is 321 Å². The maximum absolute atomic E-state index is 15.6. The summed E-state index contributed by atoms with van der Waals surface area (Å²) >= 11 is 0. The van der Waals surface area contributed by atoms with Crippen LogP contribution in [-0.4, -0.2) is 118 Å². The third-order valence-electron chi connectivity index (χ3n) is 11.9. The summed E-state index contributed by atoms with van der Waals surface area (Å²) in [5.74, 6) is -5.49. The van der Waals surface area contributed by atoms with E-state index in [0.717, 1.165) is 73.5 Å². The molecule has 3 aromatic heterocycles. The molecule has 7 heterocycles. The largest absolute Gasteiger partial charge is 0.368 e. The van der Waals surface area contributed by atoms with Crippen molar-refractivity contribution in [3.63, 3.8) is 0 Å². The zero-order valence-corrected chi connectivity index (χ0v) is 31.2. The number of alkyl halides is 2. The number of aromatic nitrogens is 4. The van der Waals surface area contributed by atoms with E-state index in [1.165, 1.54) is 6.07 Å². The van der Waals surface area contributed by atoms with Crippen LogP contribution in [0.25, 0.3) is 11.0 Å². The highest BCUT2D eigenvalue weighted by Gasteiger charge is 2.58. The van der Waals surface area contributed by atoms with Gasteiger partial charge in [0.15, 0.2) is 0 Å². The Hall–Kier alpha value is -5.71. The lowest BCUT2D eigenvalue weighted by Gasteiger charge is -2.49. The minimum atomic E-state index is -3.79. The molecule has 1 saturated carbocycles. The molecule has 1 atom stereocenters. The Morgan fingerprint density at radius 2 is 1.66 bits per heavy atom. The van der Waals surface area contributed by atoms with Crippen LogP contribution in [0, 0.1) is 0 Å². The van der Waals surface area contributed by atoms with Crippen molar-refractivity contribution in [2.75, 3.05) is 73.4 Å². The summed E-state index contributed by atoms with van der Waals surface area (Å²) in [7, 11) is 3.51. The lowest BCUT2D eigenvalue weighted by Crippen LogP contribution is -2.63. The van der Waals surface area contributed by atoms with Gasteiger partial charge in [0.25, 0.3) is 5.91 Å². The first kappa shape index (κ1) is 36.0. The molecule has 292 valence electrons. The standard InChI is InChI=1S/C39H43F2N11O4/c1-47(2)36(55)30-18-23-19-43-38(46-34(23)51(30)24-6-3-4-7-24)44-31-12-10-25(20-42-31)48-14-16-49(17-15-48)26-21-50(22-26)27-8-5-9-28-33(27)39(40,41)37(56)52(28)29-11-13-32(53)45-35(29)54/h5,8-10,12,18-20,24,26,29H,3-4,6-7,11,13-17,21-22H2,1-2H3,(H,45,53,54)(H,42,43,44,46)/t29-/m1/s1. The summed E-state index contributed by atoms with van der Waals surface area (Å²) < 4.78 is 33.3. The molecule has 0 bridgehead atoms. The number of benzene rings is 1. The number of anilines is 5. The van der Waals surface area contributed by atoms with Crippen LogP contribution in [-0.2, 0) is 20.3 Å². The van der Waals surface area contributed by atoms with Gasteiger partial charge in [-0.2, -0.15) is 13.8 Å². The lowest BCUT2D eigenvalue weighted by molar-refractivity contribution is -0.144. The van der Waals surface area contributed by atoms with Crippen molar-refractivity contribution in [3.05, 3.63) is 60.0 Å². The fourth-order valence-electron chi connectivity index (χ4n) is 8.90. The normalized spacial score (nSPS) is 21.8. The van der Waals surface area contributed by atoms with Crippen LogP contribution in [0.5, 0.6) is 0 Å². The molecule has 5 aliphatic rings. The summed E-state index contributed by atoms with van der Waals surface area (Å²) in [6, 6.07) is 9.71. The fourth-order valence-corrected chi connectivity index (χ4v) is 8.90. The Morgan fingerprint density at radius 1 is 0.911 bits per heavy atom. The molecule has 4 amide bonds. The molecule has 0 spiro atoms. The van der Waals surface area contributed by atoms with Gasteiger partial charge in [-0.05, 0) is 49.6 Å². The number of nitrogens with one attached hydrogen (secondary N) is 2. The molecular weight excluding hydrogens is 724 g/mol. The second kappa shape index (κ2) is 13.8. The summed E-state index contributed by atoms with van der Waals surface area (Å²) in [5.41, 5.74) is 2.29. The number of hydrogen-bond acceptors (Lipinski definition) is 11. The van der Waals surface area contributed by atoms with Crippen LogP contribution in [0.3, 0.4) is 0 Å². The molecular formula is C39H43F2N11O4. The van der Waals surface area contributed by atoms with Crippen LogP contribution in [0.2, 0.25) is 0 Å². The monoisotopic (exact) mass is 767 g/mol. The second-order valence-corrected chi connectivity index (χ2v) is 15.5. The number of fused-ring (bicyclic) bond motifs is 2. The first-order valence-corrected chi connectivity index (χ1v) is 19.2. The van der Waals surface area contributed by atoms with Crippen LogP contribution in [0.1, 0.15) is 60.6 Å². The van der Waals surface area contributed by atoms with E-state index in [1.54, 1.807) is 37.3 Å². The summed E-state index contributed by atoms with van der Waals surface area (Å²) in [6.07, 6.45) is 7.82. The number of piperazine rings is 1. The number of rotatable bonds is 8. The number of amides is 4. The number of pyridine rings is 1. The SMILES string of the molecule is CN(C)C(=O)c1cc2cnc(Nc3ccc(N4CCN(C5CN(c6cccc7c6C(F)(F)C(=O)N7[C@@H]6CCC(=O)NC6=O)C5)CC4)cn3)nc2n1C1CCCC1. The van der Waals surface area contributed by atoms with E-state index in [4.69, 9.17) is 4.98 Å². The maximum atomic E-state index is 15.6. The minimum absolute atomic E-state index is 0.00430. The van der Waals surface area contributed by atoms with Gasteiger partial charge in [-0.25, -0.2) is 9.97 Å². The van der Waals surface area contributed by atoms with Crippen molar-refractivity contribution in [2.45, 2.75) is 62.6 Å². The number of carbonyl (C=O) groups is 4. The average Bonchev–Trinajstić information content (AvgIpc) is 3.88. The van der Waals surface area contributed by atoms with Crippen LogP contribution in [0.4, 0.5) is 37.6 Å². The molecule has 2 N–H and O–H groups in total. The average molecular weight is 768 g/mol. The van der Waals surface area contributed by atoms with E-state index >= 15 is 8.78 Å². The Kier molecular flexibility index (Phi) is 8.86. The van der Waals surface area contributed by atoms with Crippen molar-refractivity contribution in [3.8, 4) is 0 Å². The molecule has 4 aliphatic heterocycles. The molecule has 0 unspecified atom stereocenters. The second-order valence-electron chi connectivity index (χ2n) is 15.5. The number of piperidine rings is 1. The molecule has 1 aliphatic carbocycles. The molecule has 4 fully saturated rings. The van der Waals surface area contributed by atoms with E-state index in [0.29, 0.717) is 36.2 Å². The summed E-state index contributed by atoms with van der Waals surface area (Å²) in [6.45, 7) is 4.18. The Balaban J connectivity index is 0.824. The maximum Gasteiger partial charge on any atom is 0.354 e. The predicted molar refractivity (Wildman–Crippen MR) is 204 cm³/mol. The summed E-state index contributed by atoms with van der Waals surface area (Å²) in [5, 5.41) is 6.23. The zero-order chi connectivity index (χ0) is 38.9. The first-order valence-electron chi connectivity index (χ1n) is 19.2. The molecule has 1 aromatic carbocycles. The fraction of sp³-hybridized carbons (Fsp3) is 0.462. The van der Waals surface area contributed by atoms with E-state index < -0.39 is 29.7 Å². The number of carbonyl (C=O) groups excluding carboxylic acids is 4. The third kappa shape index (κ3) is 6.08. The van der Waals surface area contributed by atoms with Gasteiger partial charge in [0.05, 0.1) is 23.1 Å². The number of imide groups is 1. The van der Waals surface area contributed by atoms with Crippen molar-refractivity contribution in [1.29, 1.82) is 0 Å². The van der Waals surface area contributed by atoms with Crippen LogP contribution in [0.15, 0.2) is 48.8 Å². The van der Waals surface area contributed by atoms with Gasteiger partial charge in [0, 0.05) is 89.1 Å². The highest BCUT2D eigenvalue weighted by molar-refractivity contribution is 6.13. The number of halogens is 2. The van der Waals surface area contributed by atoms with Gasteiger partial charge < -0.3 is 24.6 Å². The topological polar surface area (TPSA) is 152 Å².